The van der Waals surface area contributed by atoms with E-state index in [-0.39, 0.29) is 30.6 Å². The Morgan fingerprint density at radius 3 is 2.61 bits per heavy atom. The Labute approximate surface area is 182 Å². The van der Waals surface area contributed by atoms with Crippen LogP contribution in [0.2, 0.25) is 0 Å². The van der Waals surface area contributed by atoms with Crippen LogP contribution >= 0.6 is 11.3 Å². The first-order valence-corrected chi connectivity index (χ1v) is 10.5. The summed E-state index contributed by atoms with van der Waals surface area (Å²) in [5.74, 6) is -0.805. The maximum Gasteiger partial charge on any atom is 0.251 e. The number of hydrogen-bond donors (Lipinski definition) is 2. The average molecular weight is 434 g/mol. The Hall–Kier alpha value is -3.65. The molecule has 0 aliphatic heterocycles. The second kappa shape index (κ2) is 9.44. The Bertz CT molecular complexity index is 1240. The predicted molar refractivity (Wildman–Crippen MR) is 119 cm³/mol. The van der Waals surface area contributed by atoms with Crippen molar-refractivity contribution in [2.24, 2.45) is 0 Å². The van der Waals surface area contributed by atoms with Crippen LogP contribution in [0.25, 0.3) is 10.8 Å². The van der Waals surface area contributed by atoms with Gasteiger partial charge < -0.3 is 10.6 Å². The van der Waals surface area contributed by atoms with E-state index in [0.29, 0.717) is 22.1 Å². The number of carbonyl (C=O) groups is 2. The van der Waals surface area contributed by atoms with Gasteiger partial charge in [-0.1, -0.05) is 53.8 Å². The van der Waals surface area contributed by atoms with Gasteiger partial charge in [-0.2, -0.15) is 0 Å². The monoisotopic (exact) mass is 434 g/mol. The van der Waals surface area contributed by atoms with Crippen molar-refractivity contribution in [2.45, 2.75) is 12.8 Å². The molecule has 4 rings (SSSR count). The van der Waals surface area contributed by atoms with E-state index in [1.54, 1.807) is 18.2 Å². The first-order valence-electron chi connectivity index (χ1n) is 9.70. The fraction of sp³-hybridized carbons (Fsp3) is 0.130. The summed E-state index contributed by atoms with van der Waals surface area (Å²) in [6.07, 6.45) is 0.547. The minimum absolute atomic E-state index is 0.109. The van der Waals surface area contributed by atoms with Crippen LogP contribution in [0.3, 0.4) is 0 Å². The highest BCUT2D eigenvalue weighted by molar-refractivity contribution is 7.15. The molecule has 4 aromatic rings. The highest BCUT2D eigenvalue weighted by Crippen LogP contribution is 2.19. The van der Waals surface area contributed by atoms with Crippen molar-refractivity contribution >= 4 is 39.1 Å². The van der Waals surface area contributed by atoms with Crippen LogP contribution in [0, 0.1) is 5.82 Å². The zero-order chi connectivity index (χ0) is 21.6. The number of hydrogen-bond acceptors (Lipinski definition) is 5. The molecule has 0 spiro atoms. The maximum atomic E-state index is 13.3. The summed E-state index contributed by atoms with van der Waals surface area (Å²) in [6, 6.07) is 19.6. The van der Waals surface area contributed by atoms with E-state index in [1.807, 2.05) is 36.4 Å². The number of carbonyl (C=O) groups excluding carboxylic acids is 2. The lowest BCUT2D eigenvalue weighted by Crippen LogP contribution is -2.27. The normalized spacial score (nSPS) is 10.7. The van der Waals surface area contributed by atoms with E-state index in [2.05, 4.69) is 20.8 Å². The van der Waals surface area contributed by atoms with Gasteiger partial charge in [-0.15, -0.1) is 10.2 Å². The van der Waals surface area contributed by atoms with Gasteiger partial charge in [-0.3, -0.25) is 9.59 Å². The SMILES string of the molecule is O=C(CCNC(=O)c1ccc2ccccc2c1)Nc1nnc(Cc2cccc(F)c2)s1. The molecular formula is C23H19FN4O2S. The second-order valence-corrected chi connectivity index (χ2v) is 7.99. The minimum atomic E-state index is -0.304. The molecule has 2 N–H and O–H groups in total. The van der Waals surface area contributed by atoms with E-state index in [0.717, 1.165) is 16.3 Å². The fourth-order valence-corrected chi connectivity index (χ4v) is 3.89. The number of fused-ring (bicyclic) bond motifs is 1. The first-order chi connectivity index (χ1) is 15.1. The molecule has 156 valence electrons. The lowest BCUT2D eigenvalue weighted by molar-refractivity contribution is -0.116. The summed E-state index contributed by atoms with van der Waals surface area (Å²) in [4.78, 5) is 24.5. The van der Waals surface area contributed by atoms with E-state index >= 15 is 0 Å². The Balaban J connectivity index is 1.25. The van der Waals surface area contributed by atoms with Crippen molar-refractivity contribution in [3.63, 3.8) is 0 Å². The molecule has 0 aliphatic carbocycles. The number of nitrogens with one attached hydrogen (secondary N) is 2. The summed E-state index contributed by atoms with van der Waals surface area (Å²) in [7, 11) is 0. The van der Waals surface area contributed by atoms with Gasteiger partial charge in [-0.25, -0.2) is 4.39 Å². The van der Waals surface area contributed by atoms with Crippen LogP contribution in [0.1, 0.15) is 27.3 Å². The molecule has 0 atom stereocenters. The average Bonchev–Trinajstić information content (AvgIpc) is 3.19. The number of aromatic nitrogens is 2. The predicted octanol–water partition coefficient (Wildman–Crippen LogP) is 4.18. The molecule has 6 nitrogen and oxygen atoms in total. The summed E-state index contributed by atoms with van der Waals surface area (Å²) in [6.45, 7) is 0.201. The summed E-state index contributed by atoms with van der Waals surface area (Å²) < 4.78 is 13.3. The Morgan fingerprint density at radius 1 is 0.935 bits per heavy atom. The standard InChI is InChI=1S/C23H19FN4O2S/c24-19-7-3-4-15(12-19)13-21-27-28-23(31-21)26-20(29)10-11-25-22(30)18-9-8-16-5-1-2-6-17(16)14-18/h1-9,12,14H,10-11,13H2,(H,25,30)(H,26,28,29). The highest BCUT2D eigenvalue weighted by Gasteiger charge is 2.11. The number of benzene rings is 3. The van der Waals surface area contributed by atoms with Crippen LogP contribution in [-0.4, -0.2) is 28.6 Å². The lowest BCUT2D eigenvalue weighted by Gasteiger charge is -2.06. The molecule has 2 amide bonds. The molecule has 31 heavy (non-hydrogen) atoms. The summed E-state index contributed by atoms with van der Waals surface area (Å²) in [5, 5.41) is 16.5. The van der Waals surface area contributed by atoms with Gasteiger partial charge in [0.25, 0.3) is 5.91 Å². The van der Waals surface area contributed by atoms with Gasteiger partial charge >= 0.3 is 0 Å². The van der Waals surface area contributed by atoms with Crippen molar-refractivity contribution in [1.82, 2.24) is 15.5 Å². The summed E-state index contributed by atoms with van der Waals surface area (Å²) in [5.41, 5.74) is 1.33. The molecule has 0 bridgehead atoms. The number of rotatable bonds is 7. The quantitative estimate of drug-likeness (QED) is 0.457. The molecule has 0 unspecified atom stereocenters. The van der Waals surface area contributed by atoms with Crippen LogP contribution in [-0.2, 0) is 11.2 Å². The van der Waals surface area contributed by atoms with Gasteiger partial charge in [0.1, 0.15) is 10.8 Å². The van der Waals surface area contributed by atoms with E-state index in [1.165, 1.54) is 23.5 Å². The third kappa shape index (κ3) is 5.49. The number of amides is 2. The van der Waals surface area contributed by atoms with Crippen molar-refractivity contribution in [3.8, 4) is 0 Å². The van der Waals surface area contributed by atoms with Crippen molar-refractivity contribution in [1.29, 1.82) is 0 Å². The second-order valence-electron chi connectivity index (χ2n) is 6.92. The van der Waals surface area contributed by atoms with Gasteiger partial charge in [0, 0.05) is 24.9 Å². The fourth-order valence-electron chi connectivity index (χ4n) is 3.10. The molecule has 0 saturated carbocycles. The van der Waals surface area contributed by atoms with Crippen LogP contribution in [0.15, 0.2) is 66.7 Å². The molecular weight excluding hydrogens is 415 g/mol. The van der Waals surface area contributed by atoms with Gasteiger partial charge in [0.2, 0.25) is 11.0 Å². The molecule has 1 aromatic heterocycles. The van der Waals surface area contributed by atoms with Gasteiger partial charge in [0.05, 0.1) is 0 Å². The molecule has 3 aromatic carbocycles. The minimum Gasteiger partial charge on any atom is -0.352 e. The van der Waals surface area contributed by atoms with E-state index < -0.39 is 0 Å². The van der Waals surface area contributed by atoms with Gasteiger partial charge in [0.15, 0.2) is 0 Å². The third-order valence-electron chi connectivity index (χ3n) is 4.61. The van der Waals surface area contributed by atoms with Crippen molar-refractivity contribution < 1.29 is 14.0 Å². The zero-order valence-electron chi connectivity index (χ0n) is 16.5. The van der Waals surface area contributed by atoms with Gasteiger partial charge in [-0.05, 0) is 40.6 Å². The van der Waals surface area contributed by atoms with Crippen LogP contribution in [0.4, 0.5) is 9.52 Å². The third-order valence-corrected chi connectivity index (χ3v) is 5.45. The maximum absolute atomic E-state index is 13.3. The lowest BCUT2D eigenvalue weighted by atomic mass is 10.1. The highest BCUT2D eigenvalue weighted by atomic mass is 32.1. The molecule has 0 fully saturated rings. The molecule has 0 aliphatic rings. The number of nitrogens with zero attached hydrogens (tertiary/aromatic N) is 2. The Kier molecular flexibility index (Phi) is 6.28. The molecule has 0 radical (unpaired) electrons. The van der Waals surface area contributed by atoms with E-state index in [4.69, 9.17) is 0 Å². The molecule has 1 heterocycles. The number of halogens is 1. The molecule has 8 heteroatoms. The molecule has 0 saturated heterocycles. The first kappa shape index (κ1) is 20.6. The van der Waals surface area contributed by atoms with Crippen LogP contribution in [0.5, 0.6) is 0 Å². The Morgan fingerprint density at radius 2 is 1.77 bits per heavy atom. The topological polar surface area (TPSA) is 84.0 Å². The van der Waals surface area contributed by atoms with E-state index in [9.17, 15) is 14.0 Å². The van der Waals surface area contributed by atoms with Crippen molar-refractivity contribution in [2.75, 3.05) is 11.9 Å². The largest absolute Gasteiger partial charge is 0.352 e. The number of anilines is 1. The van der Waals surface area contributed by atoms with Crippen LogP contribution < -0.4 is 10.6 Å². The smallest absolute Gasteiger partial charge is 0.251 e. The van der Waals surface area contributed by atoms with Crippen molar-refractivity contribution in [3.05, 3.63) is 88.7 Å². The summed E-state index contributed by atoms with van der Waals surface area (Å²) >= 11 is 1.24. The zero-order valence-corrected chi connectivity index (χ0v) is 17.3.